The summed E-state index contributed by atoms with van der Waals surface area (Å²) in [6, 6.07) is 3.85. The Bertz CT molecular complexity index is 627. The van der Waals surface area contributed by atoms with E-state index in [0.29, 0.717) is 18.6 Å². The molecule has 2 aliphatic rings. The van der Waals surface area contributed by atoms with Gasteiger partial charge in [-0.05, 0) is 18.2 Å². The second kappa shape index (κ2) is 5.50. The van der Waals surface area contributed by atoms with Crippen LogP contribution in [0, 0.1) is 5.82 Å². The summed E-state index contributed by atoms with van der Waals surface area (Å²) in [5, 5.41) is 0. The van der Waals surface area contributed by atoms with Gasteiger partial charge in [-0.1, -0.05) is 11.6 Å². The molecule has 1 fully saturated rings. The number of fused-ring (bicyclic) bond motifs is 1. The van der Waals surface area contributed by atoms with Crippen molar-refractivity contribution in [3.8, 4) is 5.75 Å². The number of carbonyl (C=O) groups is 2. The fourth-order valence-corrected chi connectivity index (χ4v) is 3.16. The first-order valence-electron chi connectivity index (χ1n) is 6.99. The summed E-state index contributed by atoms with van der Waals surface area (Å²) in [5.74, 6) is -1.07. The Morgan fingerprint density at radius 2 is 2.05 bits per heavy atom. The number of piperidine rings is 1. The topological polar surface area (TPSA) is 46.6 Å². The fourth-order valence-electron chi connectivity index (χ4n) is 3.02. The van der Waals surface area contributed by atoms with E-state index in [1.54, 1.807) is 0 Å². The Hall–Kier alpha value is -1.69. The van der Waals surface area contributed by atoms with E-state index < -0.39 is 23.0 Å². The minimum Gasteiger partial charge on any atom is -0.486 e. The summed E-state index contributed by atoms with van der Waals surface area (Å²) in [6.45, 7) is 0.547. The van der Waals surface area contributed by atoms with Gasteiger partial charge in [0.2, 0.25) is 0 Å². The van der Waals surface area contributed by atoms with Crippen molar-refractivity contribution < 1.29 is 23.1 Å². The molecule has 0 saturated carbocycles. The normalized spacial score (nSPS) is 21.2. The number of halogens is 3. The molecule has 1 amide bonds. The summed E-state index contributed by atoms with van der Waals surface area (Å²) < 4.78 is 32.0. The molecule has 0 bridgehead atoms. The van der Waals surface area contributed by atoms with E-state index >= 15 is 0 Å². The maximum absolute atomic E-state index is 13.2. The molecule has 118 valence electrons. The van der Waals surface area contributed by atoms with Crippen molar-refractivity contribution >= 4 is 23.3 Å². The van der Waals surface area contributed by atoms with Crippen molar-refractivity contribution in [1.29, 1.82) is 0 Å². The van der Waals surface area contributed by atoms with Crippen LogP contribution in [-0.2, 0) is 4.79 Å². The number of amides is 1. The second-order valence-corrected chi connectivity index (χ2v) is 6.03. The summed E-state index contributed by atoms with van der Waals surface area (Å²) in [6.07, 6.45) is 0.946. The van der Waals surface area contributed by atoms with Crippen molar-refractivity contribution in [2.75, 3.05) is 13.1 Å². The van der Waals surface area contributed by atoms with Gasteiger partial charge in [0.15, 0.2) is 5.78 Å². The van der Waals surface area contributed by atoms with Crippen molar-refractivity contribution in [2.45, 2.75) is 30.5 Å². The Morgan fingerprint density at radius 1 is 1.36 bits per heavy atom. The van der Waals surface area contributed by atoms with Crippen LogP contribution in [0.25, 0.3) is 0 Å². The highest BCUT2D eigenvalue weighted by atomic mass is 35.5. The number of hydrogen-bond donors (Lipinski definition) is 0. The van der Waals surface area contributed by atoms with E-state index in [-0.39, 0.29) is 30.9 Å². The van der Waals surface area contributed by atoms with Gasteiger partial charge in [0.25, 0.3) is 11.5 Å². The highest BCUT2D eigenvalue weighted by Crippen LogP contribution is 2.39. The number of nitrogens with zero attached hydrogens (tertiary/aromatic N) is 1. The van der Waals surface area contributed by atoms with E-state index in [0.717, 1.165) is 0 Å². The zero-order valence-corrected chi connectivity index (χ0v) is 12.4. The number of rotatable bonds is 1. The van der Waals surface area contributed by atoms with Crippen LogP contribution in [0.5, 0.6) is 5.75 Å². The molecule has 0 N–H and O–H groups in total. The molecule has 1 atom stereocenters. The molecular formula is C15H14ClF2NO3. The lowest BCUT2D eigenvalue weighted by atomic mass is 9.82. The van der Waals surface area contributed by atoms with Crippen LogP contribution >= 0.6 is 11.6 Å². The number of benzene rings is 1. The molecular weight excluding hydrogens is 316 g/mol. The standard InChI is InChI=1S/C15H14ClF2NO3/c16-13(18)14(21)19-5-3-15(4-6-19)8-11(20)10-7-9(17)1-2-12(10)22-15/h1-2,7,13H,3-6,8H2. The van der Waals surface area contributed by atoms with Gasteiger partial charge < -0.3 is 9.64 Å². The minimum atomic E-state index is -2.05. The monoisotopic (exact) mass is 329 g/mol. The first kappa shape index (κ1) is 15.2. The third-order valence-corrected chi connectivity index (χ3v) is 4.41. The third kappa shape index (κ3) is 2.67. The minimum absolute atomic E-state index is 0.130. The maximum atomic E-state index is 13.2. The highest BCUT2D eigenvalue weighted by molar-refractivity contribution is 6.29. The van der Waals surface area contributed by atoms with Crippen LogP contribution in [-0.4, -0.2) is 40.9 Å². The molecule has 1 aromatic rings. The Morgan fingerprint density at radius 3 is 2.68 bits per heavy atom. The van der Waals surface area contributed by atoms with Gasteiger partial charge in [-0.3, -0.25) is 9.59 Å². The number of likely N-dealkylation sites (tertiary alicyclic amines) is 1. The maximum Gasteiger partial charge on any atom is 0.272 e. The Kier molecular flexibility index (Phi) is 3.80. The third-order valence-electron chi connectivity index (χ3n) is 4.22. The summed E-state index contributed by atoms with van der Waals surface area (Å²) in [4.78, 5) is 25.1. The van der Waals surface area contributed by atoms with E-state index in [1.165, 1.54) is 23.1 Å². The van der Waals surface area contributed by atoms with Gasteiger partial charge >= 0.3 is 0 Å². The molecule has 4 nitrogen and oxygen atoms in total. The molecule has 7 heteroatoms. The van der Waals surface area contributed by atoms with Gasteiger partial charge in [-0.25, -0.2) is 8.78 Å². The highest BCUT2D eigenvalue weighted by Gasteiger charge is 2.44. The number of alkyl halides is 2. The number of ether oxygens (including phenoxy) is 1. The van der Waals surface area contributed by atoms with Crippen molar-refractivity contribution in [3.63, 3.8) is 0 Å². The van der Waals surface area contributed by atoms with Crippen molar-refractivity contribution in [2.24, 2.45) is 0 Å². The number of Topliss-reactive ketones (excluding diaryl/α,β-unsaturated/α-hetero) is 1. The first-order chi connectivity index (χ1) is 10.4. The smallest absolute Gasteiger partial charge is 0.272 e. The largest absolute Gasteiger partial charge is 0.486 e. The zero-order chi connectivity index (χ0) is 15.9. The Balaban J connectivity index is 1.76. The van der Waals surface area contributed by atoms with E-state index in [9.17, 15) is 18.4 Å². The summed E-state index contributed by atoms with van der Waals surface area (Å²) in [7, 11) is 0. The zero-order valence-electron chi connectivity index (χ0n) is 11.7. The van der Waals surface area contributed by atoms with Crippen LogP contribution in [0.2, 0.25) is 0 Å². The molecule has 22 heavy (non-hydrogen) atoms. The lowest BCUT2D eigenvalue weighted by Crippen LogP contribution is -2.53. The predicted octanol–water partition coefficient (Wildman–Crippen LogP) is 2.69. The second-order valence-electron chi connectivity index (χ2n) is 5.65. The lowest BCUT2D eigenvalue weighted by Gasteiger charge is -2.43. The first-order valence-corrected chi connectivity index (χ1v) is 7.43. The number of hydrogen-bond acceptors (Lipinski definition) is 3. The van der Waals surface area contributed by atoms with Crippen LogP contribution in [0.1, 0.15) is 29.6 Å². The molecule has 3 rings (SSSR count). The van der Waals surface area contributed by atoms with Gasteiger partial charge in [0.05, 0.1) is 12.0 Å². The van der Waals surface area contributed by atoms with Crippen LogP contribution in [0.4, 0.5) is 8.78 Å². The molecule has 1 spiro atoms. The molecule has 0 aromatic heterocycles. The van der Waals surface area contributed by atoms with Crippen LogP contribution < -0.4 is 4.74 Å². The molecule has 0 radical (unpaired) electrons. The lowest BCUT2D eigenvalue weighted by molar-refractivity contribution is -0.137. The number of carbonyl (C=O) groups excluding carboxylic acids is 2. The van der Waals surface area contributed by atoms with Crippen molar-refractivity contribution in [1.82, 2.24) is 4.90 Å². The SMILES string of the molecule is O=C1CC2(CCN(C(=O)C(F)Cl)CC2)Oc2ccc(F)cc21. The quantitative estimate of drug-likeness (QED) is 0.744. The predicted molar refractivity (Wildman–Crippen MR) is 75.3 cm³/mol. The van der Waals surface area contributed by atoms with Gasteiger partial charge in [-0.15, -0.1) is 0 Å². The van der Waals surface area contributed by atoms with Crippen LogP contribution in [0.15, 0.2) is 18.2 Å². The molecule has 1 aromatic carbocycles. The molecule has 2 aliphatic heterocycles. The van der Waals surface area contributed by atoms with Crippen molar-refractivity contribution in [3.05, 3.63) is 29.6 Å². The van der Waals surface area contributed by atoms with Gasteiger partial charge in [0, 0.05) is 25.9 Å². The molecule has 1 unspecified atom stereocenters. The van der Waals surface area contributed by atoms with E-state index in [4.69, 9.17) is 16.3 Å². The molecule has 2 heterocycles. The number of ketones is 1. The average Bonchev–Trinajstić information content (AvgIpc) is 2.48. The average molecular weight is 330 g/mol. The van der Waals surface area contributed by atoms with Gasteiger partial charge in [0.1, 0.15) is 17.2 Å². The van der Waals surface area contributed by atoms with E-state index in [1.807, 2.05) is 0 Å². The fraction of sp³-hybridized carbons (Fsp3) is 0.467. The molecule has 0 aliphatic carbocycles. The Labute approximate surface area is 131 Å². The summed E-state index contributed by atoms with van der Waals surface area (Å²) in [5.41, 5.74) is -2.52. The van der Waals surface area contributed by atoms with Gasteiger partial charge in [-0.2, -0.15) is 0 Å². The van der Waals surface area contributed by atoms with E-state index in [2.05, 4.69) is 0 Å². The summed E-state index contributed by atoms with van der Waals surface area (Å²) >= 11 is 5.17. The van der Waals surface area contributed by atoms with Crippen LogP contribution in [0.3, 0.4) is 0 Å². The molecule has 1 saturated heterocycles.